The predicted molar refractivity (Wildman–Crippen MR) is 115 cm³/mol. The Labute approximate surface area is 175 Å². The van der Waals surface area contributed by atoms with Gasteiger partial charge in [0.15, 0.2) is 5.69 Å². The molecule has 7 nitrogen and oxygen atoms in total. The van der Waals surface area contributed by atoms with Crippen molar-refractivity contribution in [3.05, 3.63) is 83.6 Å². The molecule has 0 spiro atoms. The first-order valence-corrected chi connectivity index (χ1v) is 9.88. The highest BCUT2D eigenvalue weighted by atomic mass is 16.3. The van der Waals surface area contributed by atoms with Gasteiger partial charge in [-0.2, -0.15) is 5.10 Å². The fraction of sp³-hybridized carbons (Fsp3) is 0.261. The molecule has 30 heavy (non-hydrogen) atoms. The first-order valence-electron chi connectivity index (χ1n) is 9.88. The number of benzene rings is 2. The van der Waals surface area contributed by atoms with Gasteiger partial charge in [-0.1, -0.05) is 60.7 Å². The van der Waals surface area contributed by atoms with Gasteiger partial charge in [-0.15, -0.1) is 0 Å². The molecule has 1 heterocycles. The van der Waals surface area contributed by atoms with Crippen LogP contribution in [0.4, 0.5) is 5.82 Å². The monoisotopic (exact) mass is 406 g/mol. The Morgan fingerprint density at radius 1 is 1.03 bits per heavy atom. The SMILES string of the molecule is Cn1nc(C(=O)N(CCO)Cc2ccccc2)cc1NC(=O)CCc1ccccc1. The third kappa shape index (κ3) is 5.78. The van der Waals surface area contributed by atoms with Crippen molar-refractivity contribution >= 4 is 17.6 Å². The minimum absolute atomic E-state index is 0.141. The summed E-state index contributed by atoms with van der Waals surface area (Å²) in [5.74, 6) is 0.0192. The van der Waals surface area contributed by atoms with Crippen molar-refractivity contribution in [2.45, 2.75) is 19.4 Å². The molecule has 0 atom stereocenters. The van der Waals surface area contributed by atoms with Crippen LogP contribution >= 0.6 is 0 Å². The van der Waals surface area contributed by atoms with E-state index in [-0.39, 0.29) is 30.7 Å². The second kappa shape index (κ2) is 10.4. The molecule has 0 unspecified atom stereocenters. The van der Waals surface area contributed by atoms with Crippen LogP contribution in [0.1, 0.15) is 28.0 Å². The van der Waals surface area contributed by atoms with Crippen LogP contribution in [0.3, 0.4) is 0 Å². The number of amides is 2. The van der Waals surface area contributed by atoms with Gasteiger partial charge in [0.25, 0.3) is 5.91 Å². The molecule has 1 aromatic heterocycles. The van der Waals surface area contributed by atoms with Crippen molar-refractivity contribution < 1.29 is 14.7 Å². The second-order valence-corrected chi connectivity index (χ2v) is 7.01. The summed E-state index contributed by atoms with van der Waals surface area (Å²) in [5, 5.41) is 16.4. The number of nitrogens with one attached hydrogen (secondary N) is 1. The fourth-order valence-corrected chi connectivity index (χ4v) is 3.14. The number of aromatic nitrogens is 2. The predicted octanol–water partition coefficient (Wildman–Crippen LogP) is 2.63. The van der Waals surface area contributed by atoms with E-state index in [2.05, 4.69) is 10.4 Å². The third-order valence-corrected chi connectivity index (χ3v) is 4.72. The van der Waals surface area contributed by atoms with E-state index in [1.54, 1.807) is 18.0 Å². The third-order valence-electron chi connectivity index (χ3n) is 4.72. The summed E-state index contributed by atoms with van der Waals surface area (Å²) in [5.41, 5.74) is 2.28. The zero-order valence-electron chi connectivity index (χ0n) is 17.0. The molecule has 0 saturated heterocycles. The Balaban J connectivity index is 1.64. The smallest absolute Gasteiger partial charge is 0.274 e. The lowest BCUT2D eigenvalue weighted by Gasteiger charge is -2.20. The minimum Gasteiger partial charge on any atom is -0.395 e. The number of nitrogens with zero attached hydrogens (tertiary/aromatic N) is 3. The maximum Gasteiger partial charge on any atom is 0.274 e. The van der Waals surface area contributed by atoms with E-state index < -0.39 is 0 Å². The zero-order valence-corrected chi connectivity index (χ0v) is 17.0. The number of carbonyl (C=O) groups excluding carboxylic acids is 2. The van der Waals surface area contributed by atoms with Crippen LogP contribution in [-0.4, -0.2) is 44.8 Å². The Morgan fingerprint density at radius 3 is 2.30 bits per heavy atom. The number of rotatable bonds is 9. The molecule has 2 aromatic carbocycles. The summed E-state index contributed by atoms with van der Waals surface area (Å²) in [6.45, 7) is 0.424. The molecule has 2 amide bonds. The van der Waals surface area contributed by atoms with Crippen LogP contribution in [0.25, 0.3) is 0 Å². The van der Waals surface area contributed by atoms with Crippen LogP contribution in [-0.2, 0) is 24.8 Å². The highest BCUT2D eigenvalue weighted by Gasteiger charge is 2.20. The van der Waals surface area contributed by atoms with Crippen LogP contribution in [0.5, 0.6) is 0 Å². The molecule has 0 aliphatic rings. The van der Waals surface area contributed by atoms with Crippen LogP contribution in [0, 0.1) is 0 Å². The van der Waals surface area contributed by atoms with Gasteiger partial charge in [-0.25, -0.2) is 0 Å². The molecule has 0 aliphatic carbocycles. The molecule has 156 valence electrons. The summed E-state index contributed by atoms with van der Waals surface area (Å²) in [4.78, 5) is 26.8. The quantitative estimate of drug-likeness (QED) is 0.572. The lowest BCUT2D eigenvalue weighted by molar-refractivity contribution is -0.116. The largest absolute Gasteiger partial charge is 0.395 e. The van der Waals surface area contributed by atoms with Gasteiger partial charge in [0, 0.05) is 32.6 Å². The van der Waals surface area contributed by atoms with Crippen molar-refractivity contribution in [3.63, 3.8) is 0 Å². The molecule has 2 N–H and O–H groups in total. The molecule has 3 aromatic rings. The summed E-state index contributed by atoms with van der Waals surface area (Å²) in [6, 6.07) is 20.9. The van der Waals surface area contributed by atoms with Gasteiger partial charge < -0.3 is 15.3 Å². The van der Waals surface area contributed by atoms with Crippen LogP contribution in [0.15, 0.2) is 66.7 Å². The van der Waals surface area contributed by atoms with E-state index in [9.17, 15) is 14.7 Å². The Bertz CT molecular complexity index is 971. The van der Waals surface area contributed by atoms with Gasteiger partial charge in [0.2, 0.25) is 5.91 Å². The lowest BCUT2D eigenvalue weighted by Crippen LogP contribution is -2.33. The Morgan fingerprint density at radius 2 is 1.67 bits per heavy atom. The molecule has 0 saturated carbocycles. The lowest BCUT2D eigenvalue weighted by atomic mass is 10.1. The first kappa shape index (κ1) is 21.3. The summed E-state index contributed by atoms with van der Waals surface area (Å²) >= 11 is 0. The van der Waals surface area contributed by atoms with E-state index in [4.69, 9.17) is 0 Å². The van der Waals surface area contributed by atoms with Crippen LogP contribution < -0.4 is 5.32 Å². The number of anilines is 1. The minimum atomic E-state index is -0.298. The van der Waals surface area contributed by atoms with E-state index in [0.717, 1.165) is 11.1 Å². The van der Waals surface area contributed by atoms with Crippen molar-refractivity contribution in [3.8, 4) is 0 Å². The molecule has 0 radical (unpaired) electrons. The molecule has 3 rings (SSSR count). The summed E-state index contributed by atoms with van der Waals surface area (Å²) in [7, 11) is 1.68. The zero-order chi connectivity index (χ0) is 21.3. The van der Waals surface area contributed by atoms with Gasteiger partial charge in [-0.05, 0) is 17.5 Å². The van der Waals surface area contributed by atoms with E-state index in [0.29, 0.717) is 25.2 Å². The Hall–Kier alpha value is -3.45. The highest BCUT2D eigenvalue weighted by molar-refractivity contribution is 5.95. The van der Waals surface area contributed by atoms with Crippen molar-refractivity contribution in [1.82, 2.24) is 14.7 Å². The van der Waals surface area contributed by atoms with Crippen molar-refractivity contribution in [2.24, 2.45) is 7.05 Å². The van der Waals surface area contributed by atoms with Gasteiger partial charge >= 0.3 is 0 Å². The number of hydrogen-bond acceptors (Lipinski definition) is 4. The number of aliphatic hydroxyl groups excluding tert-OH is 1. The number of hydrogen-bond donors (Lipinski definition) is 2. The second-order valence-electron chi connectivity index (χ2n) is 7.01. The van der Waals surface area contributed by atoms with Gasteiger partial charge in [0.1, 0.15) is 5.82 Å². The summed E-state index contributed by atoms with van der Waals surface area (Å²) < 4.78 is 1.48. The number of carbonyl (C=O) groups is 2. The average molecular weight is 406 g/mol. The molecule has 7 heteroatoms. The number of aryl methyl sites for hydroxylation is 2. The molecule has 0 aliphatic heterocycles. The normalized spacial score (nSPS) is 10.6. The summed E-state index contributed by atoms with van der Waals surface area (Å²) in [6.07, 6.45) is 0.973. The fourth-order valence-electron chi connectivity index (χ4n) is 3.14. The van der Waals surface area contributed by atoms with Gasteiger partial charge in [-0.3, -0.25) is 14.3 Å². The molecular weight excluding hydrogens is 380 g/mol. The first-order chi connectivity index (χ1) is 14.6. The average Bonchev–Trinajstić information content (AvgIpc) is 3.13. The van der Waals surface area contributed by atoms with Crippen molar-refractivity contribution in [2.75, 3.05) is 18.5 Å². The standard InChI is InChI=1S/C23H26N4O3/c1-26-21(24-22(29)13-12-18-8-4-2-5-9-18)16-20(25-26)23(30)27(14-15-28)17-19-10-6-3-7-11-19/h2-11,16,28H,12-15,17H2,1H3,(H,24,29). The molecular formula is C23H26N4O3. The van der Waals surface area contributed by atoms with E-state index in [1.165, 1.54) is 4.68 Å². The maximum atomic E-state index is 12.9. The Kier molecular flexibility index (Phi) is 7.34. The van der Waals surface area contributed by atoms with E-state index >= 15 is 0 Å². The topological polar surface area (TPSA) is 87.5 Å². The molecule has 0 bridgehead atoms. The van der Waals surface area contributed by atoms with Crippen LogP contribution in [0.2, 0.25) is 0 Å². The van der Waals surface area contributed by atoms with E-state index in [1.807, 2.05) is 60.7 Å². The van der Waals surface area contributed by atoms with Gasteiger partial charge in [0.05, 0.1) is 6.61 Å². The maximum absolute atomic E-state index is 12.9. The highest BCUT2D eigenvalue weighted by Crippen LogP contribution is 2.14. The molecule has 0 fully saturated rings. The number of aliphatic hydroxyl groups is 1. The van der Waals surface area contributed by atoms with Crippen molar-refractivity contribution in [1.29, 1.82) is 0 Å².